The molecule has 0 aliphatic carbocycles. The molecule has 0 bridgehead atoms. The number of fused-ring (bicyclic) bond motifs is 3. The third kappa shape index (κ3) is 9.07. The lowest BCUT2D eigenvalue weighted by Gasteiger charge is -2.22. The number of rotatable bonds is 9. The van der Waals surface area contributed by atoms with Gasteiger partial charge in [0.25, 0.3) is 0 Å². The number of hydrogen-bond acceptors (Lipinski definition) is 5. The van der Waals surface area contributed by atoms with Crippen molar-refractivity contribution in [3.05, 3.63) is 242 Å². The Morgan fingerprint density at radius 1 is 0.280 bits per heavy atom. The van der Waals surface area contributed by atoms with E-state index in [0.717, 1.165) is 57.3 Å². The van der Waals surface area contributed by atoms with Crippen molar-refractivity contribution in [3.8, 4) is 96.0 Å². The average Bonchev–Trinajstić information content (AvgIpc) is 3.80. The summed E-state index contributed by atoms with van der Waals surface area (Å²) >= 11 is 0. The van der Waals surface area contributed by atoms with E-state index in [0.29, 0.717) is 56.7 Å². The molecule has 0 saturated carbocycles. The van der Waals surface area contributed by atoms with Crippen LogP contribution in [0.1, 0.15) is 11.1 Å². The van der Waals surface area contributed by atoms with Crippen LogP contribution in [-0.2, 0) is 12.4 Å². The van der Waals surface area contributed by atoms with Gasteiger partial charge in [0, 0.05) is 55.3 Å². The van der Waals surface area contributed by atoms with E-state index in [9.17, 15) is 26.3 Å². The predicted octanol–water partition coefficient (Wildman–Crippen LogP) is 17.1. The average molecular weight is 993 g/mol. The summed E-state index contributed by atoms with van der Waals surface area (Å²) in [5, 5.41) is 1.49. The third-order valence-electron chi connectivity index (χ3n) is 13.1. The van der Waals surface area contributed by atoms with Gasteiger partial charge in [0.15, 0.2) is 23.3 Å². The number of hydrogen-bond donors (Lipinski definition) is 0. The van der Waals surface area contributed by atoms with Gasteiger partial charge >= 0.3 is 12.4 Å². The van der Waals surface area contributed by atoms with Crippen molar-refractivity contribution in [2.24, 2.45) is 0 Å². The molecule has 0 N–H and O–H groups in total. The maximum atomic E-state index is 14.8. The number of nitrogens with zero attached hydrogens (tertiary/aromatic N) is 6. The highest BCUT2D eigenvalue weighted by Crippen LogP contribution is 2.46. The molecule has 0 saturated heterocycles. The van der Waals surface area contributed by atoms with Gasteiger partial charge in [0.1, 0.15) is 0 Å². The first-order valence-corrected chi connectivity index (χ1v) is 23.9. The first-order valence-electron chi connectivity index (χ1n) is 23.9. The molecule has 0 amide bonds. The Kier molecular flexibility index (Phi) is 11.7. The van der Waals surface area contributed by atoms with Crippen molar-refractivity contribution in [1.82, 2.24) is 29.5 Å². The lowest BCUT2D eigenvalue weighted by Crippen LogP contribution is -2.07. The second-order valence-electron chi connectivity index (χ2n) is 17.9. The molecule has 0 fully saturated rings. The quantitative estimate of drug-likeness (QED) is 0.135. The van der Waals surface area contributed by atoms with Crippen LogP contribution in [0.5, 0.6) is 0 Å². The van der Waals surface area contributed by atoms with Crippen LogP contribution in [0.4, 0.5) is 26.3 Å². The Hall–Kier alpha value is -9.55. The summed E-state index contributed by atoms with van der Waals surface area (Å²) in [6, 6.07) is 66.6. The molecule has 12 heteroatoms. The summed E-state index contributed by atoms with van der Waals surface area (Å²) in [5.41, 5.74) is 5.93. The zero-order chi connectivity index (χ0) is 51.3. The van der Waals surface area contributed by atoms with Crippen molar-refractivity contribution in [2.75, 3.05) is 0 Å². The lowest BCUT2D eigenvalue weighted by atomic mass is 9.91. The van der Waals surface area contributed by atoms with Gasteiger partial charge in [-0.2, -0.15) is 26.3 Å². The van der Waals surface area contributed by atoms with Crippen molar-refractivity contribution < 1.29 is 26.3 Å². The standard InChI is InChI=1S/C63H38F6N6/c64-62(65,66)47-27-15-25-43(33-47)50-36-46(61-70-53(39-17-5-1-6-18-39)38-54(71-61)40-19-7-2-8-20-40)37-51(44-26-16-28-48(34-44)63(67,68)69)57(50)75-55-30-14-13-29-49(55)52-35-45(31-32-56(52)75)60-73-58(41-21-9-3-10-22-41)72-59(74-60)42-23-11-4-12-24-42/h1-38H. The highest BCUT2D eigenvalue weighted by atomic mass is 19.4. The molecule has 0 radical (unpaired) electrons. The molecule has 6 nitrogen and oxygen atoms in total. The van der Waals surface area contributed by atoms with E-state index in [1.54, 1.807) is 24.3 Å². The van der Waals surface area contributed by atoms with E-state index in [-0.39, 0.29) is 28.1 Å². The van der Waals surface area contributed by atoms with Crippen LogP contribution in [0.15, 0.2) is 231 Å². The Bertz CT molecular complexity index is 3890. The van der Waals surface area contributed by atoms with Gasteiger partial charge in [-0.05, 0) is 77.9 Å². The molecule has 75 heavy (non-hydrogen) atoms. The van der Waals surface area contributed by atoms with Gasteiger partial charge in [0.05, 0.1) is 39.2 Å². The van der Waals surface area contributed by atoms with E-state index < -0.39 is 23.5 Å². The monoisotopic (exact) mass is 992 g/mol. The van der Waals surface area contributed by atoms with Crippen molar-refractivity contribution >= 4 is 21.8 Å². The largest absolute Gasteiger partial charge is 0.416 e. The highest BCUT2D eigenvalue weighted by Gasteiger charge is 2.33. The minimum Gasteiger partial charge on any atom is -0.308 e. The van der Waals surface area contributed by atoms with Crippen LogP contribution in [-0.4, -0.2) is 29.5 Å². The Balaban J connectivity index is 1.17. The van der Waals surface area contributed by atoms with Crippen molar-refractivity contribution in [2.45, 2.75) is 12.4 Å². The first-order chi connectivity index (χ1) is 36.4. The Labute approximate surface area is 426 Å². The molecule has 3 heterocycles. The fourth-order valence-corrected chi connectivity index (χ4v) is 9.55. The molecular formula is C63H38F6N6. The maximum absolute atomic E-state index is 14.8. The molecule has 0 unspecified atom stereocenters. The minimum absolute atomic E-state index is 0.159. The Morgan fingerprint density at radius 2 is 0.680 bits per heavy atom. The molecule has 362 valence electrons. The summed E-state index contributed by atoms with van der Waals surface area (Å²) in [6.45, 7) is 0. The number of aromatic nitrogens is 6. The molecule has 0 spiro atoms. The van der Waals surface area contributed by atoms with Crippen LogP contribution in [0.25, 0.3) is 118 Å². The van der Waals surface area contributed by atoms with E-state index in [1.807, 2.05) is 174 Å². The molecule has 3 aromatic heterocycles. The van der Waals surface area contributed by atoms with Crippen LogP contribution in [0.3, 0.4) is 0 Å². The summed E-state index contributed by atoms with van der Waals surface area (Å²) in [7, 11) is 0. The van der Waals surface area contributed by atoms with Gasteiger partial charge in [-0.25, -0.2) is 24.9 Å². The maximum Gasteiger partial charge on any atom is 0.416 e. The topological polar surface area (TPSA) is 69.4 Å². The molecule has 9 aromatic carbocycles. The predicted molar refractivity (Wildman–Crippen MR) is 283 cm³/mol. The molecule has 0 aliphatic rings. The number of halogens is 6. The van der Waals surface area contributed by atoms with Crippen LogP contribution < -0.4 is 0 Å². The normalized spacial score (nSPS) is 11.9. The minimum atomic E-state index is -4.73. The summed E-state index contributed by atoms with van der Waals surface area (Å²) < 4.78 is 90.7. The van der Waals surface area contributed by atoms with E-state index >= 15 is 0 Å². The van der Waals surface area contributed by atoms with E-state index in [1.165, 1.54) is 12.1 Å². The second-order valence-corrected chi connectivity index (χ2v) is 17.9. The SMILES string of the molecule is FC(F)(F)c1cccc(-c2cc(-c3nc(-c4ccccc4)cc(-c4ccccc4)n3)cc(-c3cccc(C(F)(F)F)c3)c2-n2c3ccccc3c3cc(-c4nc(-c5ccccc5)nc(-c5ccccc5)n4)ccc32)c1. The highest BCUT2D eigenvalue weighted by molar-refractivity contribution is 6.12. The lowest BCUT2D eigenvalue weighted by molar-refractivity contribution is -0.138. The zero-order valence-electron chi connectivity index (χ0n) is 39.4. The van der Waals surface area contributed by atoms with Gasteiger partial charge in [-0.1, -0.05) is 164 Å². The molecule has 12 rings (SSSR count). The number of para-hydroxylation sites is 1. The molecule has 0 atom stereocenters. The van der Waals surface area contributed by atoms with Crippen LogP contribution in [0, 0.1) is 0 Å². The van der Waals surface area contributed by atoms with Crippen molar-refractivity contribution in [3.63, 3.8) is 0 Å². The van der Waals surface area contributed by atoms with Gasteiger partial charge in [0.2, 0.25) is 0 Å². The second kappa shape index (κ2) is 18.8. The van der Waals surface area contributed by atoms with Crippen molar-refractivity contribution in [1.29, 1.82) is 0 Å². The summed E-state index contributed by atoms with van der Waals surface area (Å²) in [5.74, 6) is 1.53. The fraction of sp³-hybridized carbons (Fsp3) is 0.0317. The smallest absolute Gasteiger partial charge is 0.308 e. The Morgan fingerprint density at radius 3 is 1.16 bits per heavy atom. The number of alkyl halides is 6. The van der Waals surface area contributed by atoms with Crippen LogP contribution in [0.2, 0.25) is 0 Å². The summed E-state index contributed by atoms with van der Waals surface area (Å²) in [4.78, 5) is 25.0. The first kappa shape index (κ1) is 46.5. The molecule has 0 aliphatic heterocycles. The van der Waals surface area contributed by atoms with Gasteiger partial charge in [-0.15, -0.1) is 0 Å². The number of benzene rings is 9. The third-order valence-corrected chi connectivity index (χ3v) is 13.1. The van der Waals surface area contributed by atoms with E-state index in [4.69, 9.17) is 24.9 Å². The van der Waals surface area contributed by atoms with Gasteiger partial charge < -0.3 is 4.57 Å². The molecule has 12 aromatic rings. The molecular weight excluding hydrogens is 955 g/mol. The van der Waals surface area contributed by atoms with Gasteiger partial charge in [-0.3, -0.25) is 0 Å². The van der Waals surface area contributed by atoms with Crippen LogP contribution >= 0.6 is 0 Å². The fourth-order valence-electron chi connectivity index (χ4n) is 9.55. The van der Waals surface area contributed by atoms with E-state index in [2.05, 4.69) is 0 Å². The zero-order valence-corrected chi connectivity index (χ0v) is 39.4. The summed E-state index contributed by atoms with van der Waals surface area (Å²) in [6.07, 6.45) is -9.46.